The number of nitriles is 1. The van der Waals surface area contributed by atoms with Crippen molar-refractivity contribution in [3.8, 4) is 6.07 Å². The largest absolute Gasteiger partial charge is 0.296 e. The molecule has 0 saturated heterocycles. The fraction of sp³-hybridized carbons (Fsp3) is 0.562. The number of rotatable bonds is 6. The van der Waals surface area contributed by atoms with Crippen LogP contribution in [0.4, 0.5) is 0 Å². The molecule has 104 valence electrons. The van der Waals surface area contributed by atoms with Gasteiger partial charge in [-0.15, -0.1) is 0 Å². The van der Waals surface area contributed by atoms with Gasteiger partial charge in [-0.1, -0.05) is 58.0 Å². The van der Waals surface area contributed by atoms with E-state index in [1.54, 1.807) is 0 Å². The van der Waals surface area contributed by atoms with Crippen LogP contribution in [-0.2, 0) is 5.54 Å². The van der Waals surface area contributed by atoms with E-state index >= 15 is 0 Å². The van der Waals surface area contributed by atoms with E-state index < -0.39 is 5.54 Å². The molecule has 1 unspecified atom stereocenters. The van der Waals surface area contributed by atoms with Gasteiger partial charge in [-0.25, -0.2) is 0 Å². The fourth-order valence-corrected chi connectivity index (χ4v) is 3.05. The third-order valence-corrected chi connectivity index (χ3v) is 4.22. The van der Waals surface area contributed by atoms with Crippen LogP contribution in [-0.4, -0.2) is 17.0 Å². The van der Waals surface area contributed by atoms with Crippen LogP contribution in [0, 0.1) is 11.3 Å². The molecule has 0 saturated carbocycles. The van der Waals surface area contributed by atoms with E-state index in [1.165, 1.54) is 0 Å². The molecule has 1 aromatic rings. The second-order valence-corrected chi connectivity index (χ2v) is 7.55. The van der Waals surface area contributed by atoms with Crippen LogP contribution in [0.1, 0.15) is 39.7 Å². The molecule has 19 heavy (non-hydrogen) atoms. The van der Waals surface area contributed by atoms with Crippen LogP contribution in [0.25, 0.3) is 0 Å². The summed E-state index contributed by atoms with van der Waals surface area (Å²) in [6, 6.07) is 12.5. The van der Waals surface area contributed by atoms with Gasteiger partial charge in [0.15, 0.2) is 0 Å². The SMILES string of the molecule is CCNC(C#N)(CCSC(C)(C)C)c1ccccc1. The maximum absolute atomic E-state index is 9.67. The summed E-state index contributed by atoms with van der Waals surface area (Å²) in [6.45, 7) is 9.47. The molecule has 0 radical (unpaired) electrons. The Bertz CT molecular complexity index is 417. The lowest BCUT2D eigenvalue weighted by Crippen LogP contribution is -2.41. The zero-order valence-corrected chi connectivity index (χ0v) is 13.2. The van der Waals surface area contributed by atoms with E-state index in [-0.39, 0.29) is 4.75 Å². The molecule has 0 heterocycles. The molecular formula is C16H24N2S. The maximum Gasteiger partial charge on any atom is 0.133 e. The minimum absolute atomic E-state index is 0.240. The van der Waals surface area contributed by atoms with Gasteiger partial charge in [0.05, 0.1) is 6.07 Å². The van der Waals surface area contributed by atoms with Crippen LogP contribution in [0.15, 0.2) is 30.3 Å². The smallest absolute Gasteiger partial charge is 0.133 e. The van der Waals surface area contributed by atoms with Crippen LogP contribution in [0.2, 0.25) is 0 Å². The highest BCUT2D eigenvalue weighted by atomic mass is 32.2. The number of hydrogen-bond acceptors (Lipinski definition) is 3. The van der Waals surface area contributed by atoms with Crippen LogP contribution < -0.4 is 5.32 Å². The quantitative estimate of drug-likeness (QED) is 0.855. The lowest BCUT2D eigenvalue weighted by Gasteiger charge is -2.29. The Kier molecular flexibility index (Phi) is 5.90. The zero-order chi connectivity index (χ0) is 14.4. The van der Waals surface area contributed by atoms with Gasteiger partial charge in [-0.3, -0.25) is 5.32 Å². The standard InChI is InChI=1S/C16H24N2S/c1-5-18-16(13-17,11-12-19-15(2,3)4)14-9-7-6-8-10-14/h6-10,18H,5,11-12H2,1-4H3. The van der Waals surface area contributed by atoms with Crippen molar-refractivity contribution in [2.45, 2.75) is 44.4 Å². The van der Waals surface area contributed by atoms with E-state index in [0.29, 0.717) is 0 Å². The van der Waals surface area contributed by atoms with E-state index in [0.717, 1.165) is 24.3 Å². The summed E-state index contributed by atoms with van der Waals surface area (Å²) in [4.78, 5) is 0. The predicted octanol–water partition coefficient (Wildman–Crippen LogP) is 3.94. The van der Waals surface area contributed by atoms with Crippen LogP contribution in [0.5, 0.6) is 0 Å². The summed E-state index contributed by atoms with van der Waals surface area (Å²) in [7, 11) is 0. The Balaban J connectivity index is 2.85. The Morgan fingerprint density at radius 1 is 1.21 bits per heavy atom. The molecule has 1 atom stereocenters. The van der Waals surface area contributed by atoms with E-state index in [2.05, 4.69) is 32.2 Å². The number of nitrogens with zero attached hydrogens (tertiary/aromatic N) is 1. The predicted molar refractivity (Wildman–Crippen MR) is 84.2 cm³/mol. The van der Waals surface area contributed by atoms with Gasteiger partial charge in [0.1, 0.15) is 5.54 Å². The highest BCUT2D eigenvalue weighted by Gasteiger charge is 2.31. The molecule has 0 aliphatic rings. The monoisotopic (exact) mass is 276 g/mol. The number of thioether (sulfide) groups is 1. The summed E-state index contributed by atoms with van der Waals surface area (Å²) in [5.74, 6) is 0.971. The summed E-state index contributed by atoms with van der Waals surface area (Å²) in [6.07, 6.45) is 0.823. The molecular weight excluding hydrogens is 252 g/mol. The molecule has 0 bridgehead atoms. The average Bonchev–Trinajstić information content (AvgIpc) is 2.37. The molecule has 1 aromatic carbocycles. The normalized spacial score (nSPS) is 14.7. The molecule has 0 aliphatic heterocycles. The van der Waals surface area contributed by atoms with Crippen molar-refractivity contribution in [2.24, 2.45) is 0 Å². The molecule has 1 rings (SSSR count). The van der Waals surface area contributed by atoms with Gasteiger partial charge in [0.25, 0.3) is 0 Å². The highest BCUT2D eigenvalue weighted by Crippen LogP contribution is 2.30. The van der Waals surface area contributed by atoms with Crippen molar-refractivity contribution in [1.82, 2.24) is 5.32 Å². The molecule has 0 aliphatic carbocycles. The molecule has 0 spiro atoms. The molecule has 0 fully saturated rings. The maximum atomic E-state index is 9.67. The molecule has 2 nitrogen and oxygen atoms in total. The molecule has 0 amide bonds. The summed E-state index contributed by atoms with van der Waals surface area (Å²) >= 11 is 1.91. The highest BCUT2D eigenvalue weighted by molar-refractivity contribution is 8.00. The van der Waals surface area contributed by atoms with Gasteiger partial charge >= 0.3 is 0 Å². The number of hydrogen-bond donors (Lipinski definition) is 1. The summed E-state index contributed by atoms with van der Waals surface area (Å²) in [5.41, 5.74) is 0.503. The average molecular weight is 276 g/mol. The zero-order valence-electron chi connectivity index (χ0n) is 12.4. The van der Waals surface area contributed by atoms with Gasteiger partial charge in [-0.05, 0) is 24.3 Å². The van der Waals surface area contributed by atoms with Gasteiger partial charge < -0.3 is 0 Å². The Labute approximate surface area is 121 Å². The van der Waals surface area contributed by atoms with Crippen LogP contribution in [0.3, 0.4) is 0 Å². The minimum atomic E-state index is -0.561. The Morgan fingerprint density at radius 2 is 1.84 bits per heavy atom. The minimum Gasteiger partial charge on any atom is -0.296 e. The van der Waals surface area contributed by atoms with Crippen molar-refractivity contribution in [1.29, 1.82) is 5.26 Å². The second kappa shape index (κ2) is 6.98. The lowest BCUT2D eigenvalue weighted by atomic mass is 9.88. The Hall–Kier alpha value is -0.980. The topological polar surface area (TPSA) is 35.8 Å². The van der Waals surface area contributed by atoms with Crippen LogP contribution >= 0.6 is 11.8 Å². The molecule has 0 aromatic heterocycles. The third kappa shape index (κ3) is 4.89. The van der Waals surface area contributed by atoms with Crippen molar-refractivity contribution in [2.75, 3.05) is 12.3 Å². The molecule has 1 N–H and O–H groups in total. The first-order valence-electron chi connectivity index (χ1n) is 6.79. The van der Waals surface area contributed by atoms with Crippen molar-refractivity contribution >= 4 is 11.8 Å². The van der Waals surface area contributed by atoms with E-state index in [4.69, 9.17) is 0 Å². The van der Waals surface area contributed by atoms with E-state index in [9.17, 15) is 5.26 Å². The Morgan fingerprint density at radius 3 is 2.32 bits per heavy atom. The fourth-order valence-electron chi connectivity index (χ4n) is 2.03. The first-order valence-corrected chi connectivity index (χ1v) is 7.78. The summed E-state index contributed by atoms with van der Waals surface area (Å²) in [5, 5.41) is 13.0. The summed E-state index contributed by atoms with van der Waals surface area (Å²) < 4.78 is 0.240. The van der Waals surface area contributed by atoms with Gasteiger partial charge in [0.2, 0.25) is 0 Å². The first-order chi connectivity index (χ1) is 8.93. The van der Waals surface area contributed by atoms with Crippen molar-refractivity contribution in [3.05, 3.63) is 35.9 Å². The second-order valence-electron chi connectivity index (χ2n) is 5.62. The first kappa shape index (κ1) is 16.1. The van der Waals surface area contributed by atoms with Gasteiger partial charge in [-0.2, -0.15) is 17.0 Å². The van der Waals surface area contributed by atoms with Crippen molar-refractivity contribution in [3.63, 3.8) is 0 Å². The lowest BCUT2D eigenvalue weighted by molar-refractivity contribution is 0.428. The molecule has 3 heteroatoms. The number of benzene rings is 1. The van der Waals surface area contributed by atoms with Gasteiger partial charge in [0, 0.05) is 4.75 Å². The van der Waals surface area contributed by atoms with Crippen molar-refractivity contribution < 1.29 is 0 Å². The van der Waals surface area contributed by atoms with E-state index in [1.807, 2.05) is 49.0 Å². The number of nitrogens with one attached hydrogen (secondary N) is 1. The third-order valence-electron chi connectivity index (χ3n) is 2.95.